The van der Waals surface area contributed by atoms with Crippen molar-refractivity contribution in [2.45, 2.75) is 0 Å². The molecule has 0 saturated carbocycles. The third kappa shape index (κ3) is 1.71. The Bertz CT molecular complexity index is 283. The molecule has 1 rings (SSSR count). The fourth-order valence-electron chi connectivity index (χ4n) is 0.775. The standard InChI is InChI=1S/C8H8ClNO/c1-10-5-6-3-2-4-7(9)8(6)11/h2-5,11H,1H3. The van der Waals surface area contributed by atoms with Crippen LogP contribution in [0.25, 0.3) is 0 Å². The highest BCUT2D eigenvalue weighted by Gasteiger charge is 2.00. The SMILES string of the molecule is CN=Cc1cccc(Cl)c1O. The van der Waals surface area contributed by atoms with E-state index in [0.717, 1.165) is 0 Å². The number of benzene rings is 1. The van der Waals surface area contributed by atoms with E-state index < -0.39 is 0 Å². The van der Waals surface area contributed by atoms with Crippen molar-refractivity contribution < 1.29 is 5.11 Å². The van der Waals surface area contributed by atoms with E-state index in [0.29, 0.717) is 10.6 Å². The van der Waals surface area contributed by atoms with Crippen LogP contribution in [-0.2, 0) is 0 Å². The molecule has 0 unspecified atom stereocenters. The molecule has 11 heavy (non-hydrogen) atoms. The van der Waals surface area contributed by atoms with Crippen molar-refractivity contribution in [2.24, 2.45) is 4.99 Å². The lowest BCUT2D eigenvalue weighted by Crippen LogP contribution is -1.81. The first-order valence-electron chi connectivity index (χ1n) is 3.15. The number of halogens is 1. The number of para-hydroxylation sites is 1. The lowest BCUT2D eigenvalue weighted by atomic mass is 10.2. The predicted molar refractivity (Wildman–Crippen MR) is 46.6 cm³/mol. The van der Waals surface area contributed by atoms with Gasteiger partial charge in [0, 0.05) is 18.8 Å². The fourth-order valence-corrected chi connectivity index (χ4v) is 0.957. The molecule has 0 heterocycles. The van der Waals surface area contributed by atoms with Crippen LogP contribution >= 0.6 is 11.6 Å². The lowest BCUT2D eigenvalue weighted by Gasteiger charge is -1.98. The van der Waals surface area contributed by atoms with Crippen molar-refractivity contribution in [3.63, 3.8) is 0 Å². The Balaban J connectivity index is 3.16. The van der Waals surface area contributed by atoms with Crippen LogP contribution in [0.4, 0.5) is 0 Å². The Hall–Kier alpha value is -1.02. The zero-order valence-electron chi connectivity index (χ0n) is 6.08. The number of rotatable bonds is 1. The molecule has 58 valence electrons. The third-order valence-corrected chi connectivity index (χ3v) is 1.59. The van der Waals surface area contributed by atoms with Crippen molar-refractivity contribution >= 4 is 17.8 Å². The van der Waals surface area contributed by atoms with Gasteiger partial charge in [0.05, 0.1) is 5.02 Å². The van der Waals surface area contributed by atoms with Gasteiger partial charge in [-0.05, 0) is 12.1 Å². The molecule has 0 fully saturated rings. The van der Waals surface area contributed by atoms with Gasteiger partial charge in [-0.2, -0.15) is 0 Å². The topological polar surface area (TPSA) is 32.6 Å². The van der Waals surface area contributed by atoms with E-state index in [2.05, 4.69) is 4.99 Å². The van der Waals surface area contributed by atoms with Crippen LogP contribution in [-0.4, -0.2) is 18.4 Å². The molecule has 0 aliphatic heterocycles. The maximum atomic E-state index is 9.31. The minimum absolute atomic E-state index is 0.0831. The largest absolute Gasteiger partial charge is 0.506 e. The molecule has 1 N–H and O–H groups in total. The highest BCUT2D eigenvalue weighted by molar-refractivity contribution is 6.32. The first-order valence-corrected chi connectivity index (χ1v) is 3.53. The molecule has 0 spiro atoms. The average molecular weight is 170 g/mol. The van der Waals surface area contributed by atoms with E-state index in [-0.39, 0.29) is 5.75 Å². The van der Waals surface area contributed by atoms with Crippen LogP contribution in [0.2, 0.25) is 5.02 Å². The van der Waals surface area contributed by atoms with Crippen LogP contribution in [0.15, 0.2) is 23.2 Å². The molecule has 0 radical (unpaired) electrons. The maximum Gasteiger partial charge on any atom is 0.142 e. The molecule has 0 saturated heterocycles. The predicted octanol–water partition coefficient (Wildman–Crippen LogP) is 2.09. The molecule has 0 aliphatic rings. The Morgan fingerprint density at radius 1 is 1.55 bits per heavy atom. The minimum atomic E-state index is 0.0831. The summed E-state index contributed by atoms with van der Waals surface area (Å²) in [5.74, 6) is 0.0831. The van der Waals surface area contributed by atoms with Crippen LogP contribution in [0.1, 0.15) is 5.56 Å². The van der Waals surface area contributed by atoms with Crippen LogP contribution in [0.3, 0.4) is 0 Å². The van der Waals surface area contributed by atoms with Gasteiger partial charge >= 0.3 is 0 Å². The average Bonchev–Trinajstić information content (AvgIpc) is 1.99. The Morgan fingerprint density at radius 2 is 2.27 bits per heavy atom. The monoisotopic (exact) mass is 169 g/mol. The summed E-state index contributed by atoms with van der Waals surface area (Å²) >= 11 is 5.64. The smallest absolute Gasteiger partial charge is 0.142 e. The van der Waals surface area contributed by atoms with Crippen molar-refractivity contribution in [1.29, 1.82) is 0 Å². The van der Waals surface area contributed by atoms with Gasteiger partial charge in [-0.1, -0.05) is 17.7 Å². The summed E-state index contributed by atoms with van der Waals surface area (Å²) in [6.45, 7) is 0. The number of hydrogen-bond acceptors (Lipinski definition) is 2. The second-order valence-electron chi connectivity index (χ2n) is 2.06. The first kappa shape index (κ1) is 8.08. The maximum absolute atomic E-state index is 9.31. The summed E-state index contributed by atoms with van der Waals surface area (Å²) in [7, 11) is 1.64. The highest BCUT2D eigenvalue weighted by atomic mass is 35.5. The zero-order valence-corrected chi connectivity index (χ0v) is 6.84. The normalized spacial score (nSPS) is 10.7. The Kier molecular flexibility index (Phi) is 2.49. The lowest BCUT2D eigenvalue weighted by molar-refractivity contribution is 0.475. The van der Waals surface area contributed by atoms with Gasteiger partial charge in [0.2, 0.25) is 0 Å². The summed E-state index contributed by atoms with van der Waals surface area (Å²) in [4.78, 5) is 3.76. The summed E-state index contributed by atoms with van der Waals surface area (Å²) in [5, 5.41) is 9.65. The quantitative estimate of drug-likeness (QED) is 0.642. The zero-order chi connectivity index (χ0) is 8.27. The van der Waals surface area contributed by atoms with E-state index in [1.165, 1.54) is 0 Å². The Morgan fingerprint density at radius 3 is 2.91 bits per heavy atom. The van der Waals surface area contributed by atoms with Crippen LogP contribution < -0.4 is 0 Å². The summed E-state index contributed by atoms with van der Waals surface area (Å²) < 4.78 is 0. The fraction of sp³-hybridized carbons (Fsp3) is 0.125. The van der Waals surface area contributed by atoms with E-state index in [9.17, 15) is 5.11 Å². The van der Waals surface area contributed by atoms with E-state index in [1.807, 2.05) is 0 Å². The number of aliphatic imine (C=N–C) groups is 1. The summed E-state index contributed by atoms with van der Waals surface area (Å²) in [6.07, 6.45) is 1.56. The molecular weight excluding hydrogens is 162 g/mol. The third-order valence-electron chi connectivity index (χ3n) is 1.29. The van der Waals surface area contributed by atoms with Crippen molar-refractivity contribution in [3.05, 3.63) is 28.8 Å². The molecule has 0 amide bonds. The molecule has 0 aliphatic carbocycles. The molecular formula is C8H8ClNO. The molecule has 0 atom stereocenters. The summed E-state index contributed by atoms with van der Waals surface area (Å²) in [6, 6.07) is 5.14. The molecule has 3 heteroatoms. The van der Waals surface area contributed by atoms with E-state index in [1.54, 1.807) is 31.5 Å². The van der Waals surface area contributed by atoms with Crippen molar-refractivity contribution in [1.82, 2.24) is 0 Å². The second kappa shape index (κ2) is 3.39. The van der Waals surface area contributed by atoms with E-state index >= 15 is 0 Å². The highest BCUT2D eigenvalue weighted by Crippen LogP contribution is 2.25. The van der Waals surface area contributed by atoms with Gasteiger partial charge in [0.25, 0.3) is 0 Å². The Labute approximate surface area is 70.2 Å². The van der Waals surface area contributed by atoms with Gasteiger partial charge in [-0.3, -0.25) is 4.99 Å². The number of nitrogens with zero attached hydrogens (tertiary/aromatic N) is 1. The molecule has 1 aromatic rings. The molecule has 1 aromatic carbocycles. The van der Waals surface area contributed by atoms with Crippen LogP contribution in [0, 0.1) is 0 Å². The minimum Gasteiger partial charge on any atom is -0.506 e. The first-order chi connectivity index (χ1) is 5.25. The van der Waals surface area contributed by atoms with Gasteiger partial charge in [-0.15, -0.1) is 0 Å². The van der Waals surface area contributed by atoms with Gasteiger partial charge in [-0.25, -0.2) is 0 Å². The molecule has 2 nitrogen and oxygen atoms in total. The van der Waals surface area contributed by atoms with Crippen molar-refractivity contribution in [3.8, 4) is 5.75 Å². The van der Waals surface area contributed by atoms with E-state index in [4.69, 9.17) is 11.6 Å². The van der Waals surface area contributed by atoms with Crippen LogP contribution in [0.5, 0.6) is 5.75 Å². The molecule has 0 bridgehead atoms. The van der Waals surface area contributed by atoms with Gasteiger partial charge in [0.1, 0.15) is 5.75 Å². The number of phenols is 1. The second-order valence-corrected chi connectivity index (χ2v) is 2.47. The number of phenolic OH excluding ortho intramolecular Hbond substituents is 1. The van der Waals surface area contributed by atoms with Gasteiger partial charge < -0.3 is 5.11 Å². The summed E-state index contributed by atoms with van der Waals surface area (Å²) in [5.41, 5.74) is 0.639. The van der Waals surface area contributed by atoms with Crippen molar-refractivity contribution in [2.75, 3.05) is 7.05 Å². The number of aromatic hydroxyl groups is 1. The molecule has 0 aromatic heterocycles. The number of hydrogen-bond donors (Lipinski definition) is 1. The van der Waals surface area contributed by atoms with Gasteiger partial charge in [0.15, 0.2) is 0 Å².